The van der Waals surface area contributed by atoms with E-state index < -0.39 is 102 Å². The molecule has 1 heterocycles. The van der Waals surface area contributed by atoms with Gasteiger partial charge in [0, 0.05) is 0 Å². The van der Waals surface area contributed by atoms with Crippen molar-refractivity contribution >= 4 is 102 Å². The van der Waals surface area contributed by atoms with Gasteiger partial charge in [-0.25, -0.2) is 0 Å². The first-order chi connectivity index (χ1) is 31.2. The Morgan fingerprint density at radius 2 is 0.545 bits per heavy atom. The summed E-state index contributed by atoms with van der Waals surface area (Å²) < 4.78 is 82.2. The second kappa shape index (κ2) is 32.3. The summed E-state index contributed by atoms with van der Waals surface area (Å²) in [5.41, 5.74) is 2.37. The Morgan fingerprint density at radius 3 is 0.848 bits per heavy atom. The van der Waals surface area contributed by atoms with Crippen LogP contribution in [0.3, 0.4) is 0 Å². The third-order valence-electron chi connectivity index (χ3n) is 16.9. The van der Waals surface area contributed by atoms with Gasteiger partial charge in [-0.3, -0.25) is 0 Å². The molecular weight excluding hydrogens is 1010 g/mol. The minimum Gasteiger partial charge on any atom is -0.425 e. The van der Waals surface area contributed by atoms with Gasteiger partial charge in [-0.05, 0) is 61.0 Å². The highest BCUT2D eigenvalue weighted by Gasteiger charge is 2.68. The molecular formula is C44H110O11Si11. The molecule has 0 aliphatic carbocycles. The summed E-state index contributed by atoms with van der Waals surface area (Å²) in [5, 5.41) is 0. The normalized spacial score (nSPS) is 35.8. The van der Waals surface area contributed by atoms with Gasteiger partial charge in [-0.2, -0.15) is 0 Å². The Kier molecular flexibility index (Phi) is 32.3. The Hall–Kier alpha value is 1.95. The highest BCUT2D eigenvalue weighted by Crippen LogP contribution is 2.56. The molecule has 1 aliphatic rings. The average molecular weight is 1120 g/mol. The molecule has 12 atom stereocenters. The van der Waals surface area contributed by atoms with Crippen molar-refractivity contribution in [2.75, 3.05) is 0 Å². The van der Waals surface area contributed by atoms with E-state index in [1.54, 1.807) is 0 Å². The first-order valence-corrected chi connectivity index (χ1v) is 44.5. The van der Waals surface area contributed by atoms with E-state index in [1.165, 1.54) is 0 Å². The monoisotopic (exact) mass is 1120 g/mol. The lowest BCUT2D eigenvalue weighted by Gasteiger charge is -2.58. The van der Waals surface area contributed by atoms with Gasteiger partial charge in [0.2, 0.25) is 0 Å². The van der Waals surface area contributed by atoms with Crippen LogP contribution in [0.2, 0.25) is 61.0 Å². The molecule has 0 saturated carbocycles. The zero-order valence-corrected chi connectivity index (χ0v) is 60.5. The molecule has 396 valence electrons. The largest absolute Gasteiger partial charge is 0.425 e. The minimum atomic E-state index is -3.36. The smallest absolute Gasteiger partial charge is 0.326 e. The molecule has 0 spiro atoms. The van der Waals surface area contributed by atoms with Crippen molar-refractivity contribution in [2.45, 2.75) is 284 Å². The van der Waals surface area contributed by atoms with Gasteiger partial charge in [0.25, 0.3) is 50.0 Å². The maximum atomic E-state index is 8.84. The maximum absolute atomic E-state index is 8.84. The lowest BCUT2D eigenvalue weighted by molar-refractivity contribution is 0.192. The fourth-order valence-corrected chi connectivity index (χ4v) is 62.6. The standard InChI is InChI=1S/C44H110O11Si11/c1-23-34(12)61-49-59-47-57-45-56-46-58-48-60-50-62(35(13)24-2,36(14)25-3)52-64(39(17)28-6,40(18)29-7)54-66(43(21)32-10,44(22)33-11)55-65(41(19)30-8,42(20)31-9)53-63(51-61,37(15)26-4)38(16)27-5/h34-44,61H,23-33,56-60H2,1-22H3. The van der Waals surface area contributed by atoms with Crippen molar-refractivity contribution in [1.29, 1.82) is 0 Å². The van der Waals surface area contributed by atoms with E-state index in [0.717, 1.165) is 70.6 Å². The molecule has 0 N–H and O–H groups in total. The molecule has 1 aliphatic heterocycles. The van der Waals surface area contributed by atoms with Gasteiger partial charge < -0.3 is 45.3 Å². The molecule has 66 heavy (non-hydrogen) atoms. The molecule has 1 fully saturated rings. The molecule has 0 aromatic carbocycles. The summed E-state index contributed by atoms with van der Waals surface area (Å²) in [4.78, 5) is 0. The summed E-state index contributed by atoms with van der Waals surface area (Å²) in [7, 11) is -25.0. The molecule has 11 nitrogen and oxygen atoms in total. The fraction of sp³-hybridized carbons (Fsp3) is 1.00. The van der Waals surface area contributed by atoms with Gasteiger partial charge >= 0.3 is 52.1 Å². The van der Waals surface area contributed by atoms with Crippen molar-refractivity contribution in [1.82, 2.24) is 0 Å². The molecule has 22 heteroatoms. The van der Waals surface area contributed by atoms with Gasteiger partial charge in [0.1, 0.15) is 0 Å². The zero-order chi connectivity index (χ0) is 50.5. The van der Waals surface area contributed by atoms with Crippen molar-refractivity contribution in [3.05, 3.63) is 0 Å². The van der Waals surface area contributed by atoms with Crippen LogP contribution in [0.25, 0.3) is 0 Å². The Morgan fingerprint density at radius 1 is 0.303 bits per heavy atom. The third kappa shape index (κ3) is 16.0. The van der Waals surface area contributed by atoms with Crippen LogP contribution in [0, 0.1) is 0 Å². The third-order valence-corrected chi connectivity index (χ3v) is 58.2. The van der Waals surface area contributed by atoms with E-state index in [9.17, 15) is 0 Å². The van der Waals surface area contributed by atoms with Crippen LogP contribution in [-0.2, 0) is 45.3 Å². The molecule has 12 unspecified atom stereocenters. The first-order valence-electron chi connectivity index (χ1n) is 27.2. The second-order valence-electron chi connectivity index (χ2n) is 20.7. The first kappa shape index (κ1) is 66.0. The average Bonchev–Trinajstić information content (AvgIpc) is 3.34. The van der Waals surface area contributed by atoms with Gasteiger partial charge in [-0.1, -0.05) is 223 Å². The molecule has 0 aromatic heterocycles. The van der Waals surface area contributed by atoms with Crippen LogP contribution < -0.4 is 0 Å². The van der Waals surface area contributed by atoms with Gasteiger partial charge in [0.05, 0.1) is 0 Å². The number of hydrogen-bond acceptors (Lipinski definition) is 11. The highest BCUT2D eigenvalue weighted by molar-refractivity contribution is 6.95. The summed E-state index contributed by atoms with van der Waals surface area (Å²) in [6, 6.07) is 0. The Bertz CT molecular complexity index is 1240. The molecule has 0 bridgehead atoms. The lowest BCUT2D eigenvalue weighted by Crippen LogP contribution is -2.72. The van der Waals surface area contributed by atoms with Crippen molar-refractivity contribution in [2.24, 2.45) is 0 Å². The number of rotatable bonds is 22. The van der Waals surface area contributed by atoms with Gasteiger partial charge in [-0.15, -0.1) is 0 Å². The maximum Gasteiger partial charge on any atom is 0.326 e. The zero-order valence-electron chi connectivity index (χ0n) is 47.2. The van der Waals surface area contributed by atoms with Crippen LogP contribution in [-0.4, -0.2) is 102 Å². The van der Waals surface area contributed by atoms with E-state index in [0.29, 0.717) is 5.54 Å². The predicted octanol–water partition coefficient (Wildman–Crippen LogP) is 11.4. The van der Waals surface area contributed by atoms with Crippen LogP contribution in [0.5, 0.6) is 0 Å². The van der Waals surface area contributed by atoms with E-state index >= 15 is 0 Å². The van der Waals surface area contributed by atoms with Crippen LogP contribution in [0.4, 0.5) is 0 Å². The van der Waals surface area contributed by atoms with E-state index in [4.69, 9.17) is 45.3 Å². The minimum absolute atomic E-state index is 0.184. The topological polar surface area (TPSA) is 102 Å². The Balaban J connectivity index is 4.90. The molecule has 0 radical (unpaired) electrons. The van der Waals surface area contributed by atoms with E-state index in [2.05, 4.69) is 152 Å². The number of hydrogen-bond donors (Lipinski definition) is 0. The van der Waals surface area contributed by atoms with Crippen LogP contribution in [0.1, 0.15) is 223 Å². The fourth-order valence-electron chi connectivity index (χ4n) is 9.76. The van der Waals surface area contributed by atoms with Crippen molar-refractivity contribution < 1.29 is 45.3 Å². The summed E-state index contributed by atoms with van der Waals surface area (Å²) in [6.07, 6.45) is 10.7. The van der Waals surface area contributed by atoms with Crippen molar-refractivity contribution in [3.8, 4) is 0 Å². The summed E-state index contributed by atoms with van der Waals surface area (Å²) in [6.45, 7) is 52.4. The lowest BCUT2D eigenvalue weighted by atomic mass is 10.3. The Labute approximate surface area is 428 Å². The predicted molar refractivity (Wildman–Crippen MR) is 307 cm³/mol. The SMILES string of the molecule is CCC(C)[SiH]1O[SiH2]O[SiH2]O[SiH2]O[SiH2]O[SiH2]O[Si](C(C)CC)(C(C)CC)O[Si](C(C)CC)(C(C)CC)O[Si](C(C)CC)(C(C)CC)O[Si](C(C)CC)(C(C)CC)O[Si](C(C)CC)(C(C)CC)O1. The van der Waals surface area contributed by atoms with E-state index in [-0.39, 0.29) is 55.4 Å². The summed E-state index contributed by atoms with van der Waals surface area (Å²) >= 11 is 0. The molecule has 1 saturated heterocycles. The molecule has 0 amide bonds. The summed E-state index contributed by atoms with van der Waals surface area (Å²) in [5.74, 6) is 0. The van der Waals surface area contributed by atoms with Crippen molar-refractivity contribution in [3.63, 3.8) is 0 Å². The molecule has 0 aromatic rings. The van der Waals surface area contributed by atoms with E-state index in [1.807, 2.05) is 0 Å². The second-order valence-corrected chi connectivity index (χ2v) is 54.0. The quantitative estimate of drug-likeness (QED) is 0.0969. The van der Waals surface area contributed by atoms with Gasteiger partial charge in [0.15, 0.2) is 0 Å². The van der Waals surface area contributed by atoms with Crippen LogP contribution >= 0.6 is 0 Å². The highest BCUT2D eigenvalue weighted by atomic mass is 28.5. The molecule has 1 rings (SSSR count). The van der Waals surface area contributed by atoms with Crippen LogP contribution in [0.15, 0.2) is 0 Å².